The lowest BCUT2D eigenvalue weighted by atomic mass is 10.1. The third kappa shape index (κ3) is 5.64. The largest absolute Gasteiger partial charge is 0.492 e. The molecule has 0 saturated carbocycles. The summed E-state index contributed by atoms with van der Waals surface area (Å²) in [5.74, 6) is 0.840. The number of aryl methyl sites for hydroxylation is 2. The quantitative estimate of drug-likeness (QED) is 0.776. The Kier molecular flexibility index (Phi) is 6.19. The van der Waals surface area contributed by atoms with Crippen molar-refractivity contribution in [1.82, 2.24) is 10.6 Å². The van der Waals surface area contributed by atoms with E-state index >= 15 is 0 Å². The molecule has 1 aromatic rings. The number of urea groups is 1. The Balaban J connectivity index is 2.23. The molecule has 0 aliphatic carbocycles. The van der Waals surface area contributed by atoms with E-state index in [1.165, 1.54) is 11.1 Å². The van der Waals surface area contributed by atoms with E-state index in [-0.39, 0.29) is 12.1 Å². The van der Waals surface area contributed by atoms with Crippen LogP contribution in [-0.4, -0.2) is 25.2 Å². The Morgan fingerprint density at radius 3 is 2.68 bits per heavy atom. The number of benzene rings is 1. The molecule has 0 fully saturated rings. The molecule has 1 unspecified atom stereocenters. The van der Waals surface area contributed by atoms with Crippen molar-refractivity contribution in [3.8, 4) is 5.75 Å². The third-order valence-corrected chi connectivity index (χ3v) is 3.12. The molecule has 4 heteroatoms. The molecule has 0 aromatic heterocycles. The second kappa shape index (κ2) is 7.67. The van der Waals surface area contributed by atoms with Crippen molar-refractivity contribution in [2.75, 3.05) is 13.2 Å². The van der Waals surface area contributed by atoms with Crippen LogP contribution < -0.4 is 15.4 Å². The van der Waals surface area contributed by atoms with Gasteiger partial charge in [-0.25, -0.2) is 4.79 Å². The van der Waals surface area contributed by atoms with Gasteiger partial charge >= 0.3 is 6.03 Å². The normalized spacial score (nSPS) is 11.8. The molecule has 0 heterocycles. The predicted molar refractivity (Wildman–Crippen MR) is 77.7 cm³/mol. The predicted octanol–water partition coefficient (Wildman–Crippen LogP) is 2.78. The van der Waals surface area contributed by atoms with E-state index in [9.17, 15) is 4.79 Å². The molecule has 106 valence electrons. The van der Waals surface area contributed by atoms with Gasteiger partial charge in [0.1, 0.15) is 12.4 Å². The van der Waals surface area contributed by atoms with Crippen LogP contribution in [0.3, 0.4) is 0 Å². The Hall–Kier alpha value is -1.71. The fourth-order valence-corrected chi connectivity index (χ4v) is 1.51. The molecule has 2 N–H and O–H groups in total. The highest BCUT2D eigenvalue weighted by atomic mass is 16.5. The van der Waals surface area contributed by atoms with Gasteiger partial charge in [-0.2, -0.15) is 0 Å². The van der Waals surface area contributed by atoms with Crippen molar-refractivity contribution < 1.29 is 9.53 Å². The van der Waals surface area contributed by atoms with Gasteiger partial charge in [0, 0.05) is 6.04 Å². The Labute approximate surface area is 115 Å². The van der Waals surface area contributed by atoms with Crippen LogP contribution >= 0.6 is 0 Å². The molecular weight excluding hydrogens is 240 g/mol. The lowest BCUT2D eigenvalue weighted by molar-refractivity contribution is 0.233. The van der Waals surface area contributed by atoms with E-state index in [4.69, 9.17) is 4.74 Å². The minimum Gasteiger partial charge on any atom is -0.492 e. The number of carbonyl (C=O) groups excluding carboxylic acids is 1. The van der Waals surface area contributed by atoms with Crippen LogP contribution in [0.2, 0.25) is 0 Å². The maximum atomic E-state index is 11.4. The van der Waals surface area contributed by atoms with Crippen LogP contribution in [0, 0.1) is 13.8 Å². The molecule has 0 saturated heterocycles. The number of carbonyl (C=O) groups is 1. The van der Waals surface area contributed by atoms with Gasteiger partial charge < -0.3 is 15.4 Å². The average molecular weight is 264 g/mol. The Bertz CT molecular complexity index is 419. The van der Waals surface area contributed by atoms with Gasteiger partial charge in [-0.05, 0) is 50.5 Å². The van der Waals surface area contributed by atoms with Gasteiger partial charge in [0.2, 0.25) is 0 Å². The molecule has 0 radical (unpaired) electrons. The van der Waals surface area contributed by atoms with Crippen molar-refractivity contribution >= 4 is 6.03 Å². The van der Waals surface area contributed by atoms with E-state index < -0.39 is 0 Å². The summed E-state index contributed by atoms with van der Waals surface area (Å²) in [6.45, 7) is 9.10. The summed E-state index contributed by atoms with van der Waals surface area (Å²) in [5.41, 5.74) is 2.46. The van der Waals surface area contributed by atoms with Gasteiger partial charge in [-0.3, -0.25) is 0 Å². The van der Waals surface area contributed by atoms with E-state index in [1.807, 2.05) is 32.0 Å². The number of ether oxygens (including phenoxy) is 1. The first-order valence-corrected chi connectivity index (χ1v) is 6.77. The second-order valence-electron chi connectivity index (χ2n) is 4.80. The van der Waals surface area contributed by atoms with E-state index in [2.05, 4.69) is 24.5 Å². The Morgan fingerprint density at radius 2 is 2.05 bits per heavy atom. The lowest BCUT2D eigenvalue weighted by Crippen LogP contribution is -2.41. The fraction of sp³-hybridized carbons (Fsp3) is 0.533. The SMILES string of the molecule is CCC(C)NC(=O)NCCOc1ccc(C)c(C)c1. The van der Waals surface area contributed by atoms with Crippen LogP contribution in [0.1, 0.15) is 31.4 Å². The van der Waals surface area contributed by atoms with Crippen LogP contribution in [0.5, 0.6) is 5.75 Å². The van der Waals surface area contributed by atoms with Crippen molar-refractivity contribution in [2.45, 2.75) is 40.2 Å². The zero-order valence-corrected chi connectivity index (χ0v) is 12.2. The minimum absolute atomic E-state index is 0.141. The summed E-state index contributed by atoms with van der Waals surface area (Å²) >= 11 is 0. The van der Waals surface area contributed by atoms with Crippen LogP contribution in [-0.2, 0) is 0 Å². The molecule has 2 amide bonds. The molecule has 0 spiro atoms. The first kappa shape index (κ1) is 15.3. The summed E-state index contributed by atoms with van der Waals surface area (Å²) in [6.07, 6.45) is 0.923. The zero-order chi connectivity index (χ0) is 14.3. The highest BCUT2D eigenvalue weighted by Gasteiger charge is 2.04. The highest BCUT2D eigenvalue weighted by Crippen LogP contribution is 2.15. The Morgan fingerprint density at radius 1 is 1.32 bits per heavy atom. The summed E-state index contributed by atoms with van der Waals surface area (Å²) in [7, 11) is 0. The molecule has 19 heavy (non-hydrogen) atoms. The summed E-state index contributed by atoms with van der Waals surface area (Å²) in [5, 5.41) is 5.61. The highest BCUT2D eigenvalue weighted by molar-refractivity contribution is 5.74. The first-order chi connectivity index (χ1) is 9.02. The molecular formula is C15H24N2O2. The number of hydrogen-bond acceptors (Lipinski definition) is 2. The summed E-state index contributed by atoms with van der Waals surface area (Å²) < 4.78 is 5.58. The molecule has 4 nitrogen and oxygen atoms in total. The van der Waals surface area contributed by atoms with E-state index in [1.54, 1.807) is 0 Å². The van der Waals surface area contributed by atoms with Gasteiger partial charge in [-0.15, -0.1) is 0 Å². The molecule has 1 rings (SSSR count). The smallest absolute Gasteiger partial charge is 0.315 e. The molecule has 0 bridgehead atoms. The zero-order valence-electron chi connectivity index (χ0n) is 12.2. The third-order valence-electron chi connectivity index (χ3n) is 3.12. The van der Waals surface area contributed by atoms with E-state index in [0.717, 1.165) is 12.2 Å². The van der Waals surface area contributed by atoms with Gasteiger partial charge in [0.15, 0.2) is 0 Å². The van der Waals surface area contributed by atoms with Crippen LogP contribution in [0.15, 0.2) is 18.2 Å². The maximum absolute atomic E-state index is 11.4. The standard InChI is InChI=1S/C15H24N2O2/c1-5-13(4)17-15(18)16-8-9-19-14-7-6-11(2)12(3)10-14/h6-7,10,13H,5,8-9H2,1-4H3,(H2,16,17,18). The number of nitrogens with one attached hydrogen (secondary N) is 2. The maximum Gasteiger partial charge on any atom is 0.315 e. The van der Waals surface area contributed by atoms with Crippen molar-refractivity contribution in [3.05, 3.63) is 29.3 Å². The lowest BCUT2D eigenvalue weighted by Gasteiger charge is -2.13. The molecule has 1 aromatic carbocycles. The van der Waals surface area contributed by atoms with Crippen LogP contribution in [0.4, 0.5) is 4.79 Å². The van der Waals surface area contributed by atoms with Gasteiger partial charge in [0.25, 0.3) is 0 Å². The van der Waals surface area contributed by atoms with Crippen LogP contribution in [0.25, 0.3) is 0 Å². The number of amides is 2. The minimum atomic E-state index is -0.141. The molecule has 1 atom stereocenters. The second-order valence-corrected chi connectivity index (χ2v) is 4.80. The number of hydrogen-bond donors (Lipinski definition) is 2. The first-order valence-electron chi connectivity index (χ1n) is 6.77. The van der Waals surface area contributed by atoms with Gasteiger partial charge in [0.05, 0.1) is 6.54 Å². The molecule has 0 aliphatic rings. The molecule has 0 aliphatic heterocycles. The van der Waals surface area contributed by atoms with Gasteiger partial charge in [-0.1, -0.05) is 13.0 Å². The van der Waals surface area contributed by atoms with Crippen molar-refractivity contribution in [3.63, 3.8) is 0 Å². The van der Waals surface area contributed by atoms with Crippen molar-refractivity contribution in [2.24, 2.45) is 0 Å². The van der Waals surface area contributed by atoms with E-state index in [0.29, 0.717) is 13.2 Å². The monoisotopic (exact) mass is 264 g/mol. The summed E-state index contributed by atoms with van der Waals surface area (Å²) in [6, 6.07) is 6.04. The topological polar surface area (TPSA) is 50.4 Å². The van der Waals surface area contributed by atoms with Crippen molar-refractivity contribution in [1.29, 1.82) is 0 Å². The number of rotatable bonds is 6. The average Bonchev–Trinajstić information content (AvgIpc) is 2.38. The fourth-order valence-electron chi connectivity index (χ4n) is 1.51. The summed E-state index contributed by atoms with van der Waals surface area (Å²) in [4.78, 5) is 11.4.